The van der Waals surface area contributed by atoms with Crippen molar-refractivity contribution in [2.45, 2.75) is 52.9 Å². The van der Waals surface area contributed by atoms with Crippen LogP contribution < -0.4 is 0 Å². The van der Waals surface area contributed by atoms with Gasteiger partial charge in [0.15, 0.2) is 0 Å². The highest BCUT2D eigenvalue weighted by atomic mass is 16.2. The third-order valence-corrected chi connectivity index (χ3v) is 3.18. The van der Waals surface area contributed by atoms with Crippen LogP contribution in [0.2, 0.25) is 0 Å². The molecule has 2 nitrogen and oxygen atoms in total. The fraction of sp³-hybridized carbons (Fsp3) is 0.923. The van der Waals surface area contributed by atoms with Gasteiger partial charge in [0.1, 0.15) is 0 Å². The van der Waals surface area contributed by atoms with Crippen molar-refractivity contribution in [3.63, 3.8) is 0 Å². The lowest BCUT2D eigenvalue weighted by Crippen LogP contribution is -2.42. The van der Waals surface area contributed by atoms with Crippen molar-refractivity contribution in [1.29, 1.82) is 0 Å². The average molecular weight is 211 g/mol. The van der Waals surface area contributed by atoms with Gasteiger partial charge in [0.2, 0.25) is 5.91 Å². The van der Waals surface area contributed by atoms with E-state index in [9.17, 15) is 4.79 Å². The molecule has 1 rings (SSSR count). The molecular formula is C13H25NO. The van der Waals surface area contributed by atoms with E-state index in [0.29, 0.717) is 17.7 Å². The second-order valence-electron chi connectivity index (χ2n) is 5.15. The molecule has 0 aromatic rings. The van der Waals surface area contributed by atoms with Crippen molar-refractivity contribution in [3.05, 3.63) is 0 Å². The Labute approximate surface area is 94.0 Å². The number of amides is 1. The van der Waals surface area contributed by atoms with E-state index in [1.165, 1.54) is 12.8 Å². The first kappa shape index (κ1) is 12.5. The van der Waals surface area contributed by atoms with E-state index < -0.39 is 0 Å². The van der Waals surface area contributed by atoms with Crippen LogP contribution >= 0.6 is 0 Å². The zero-order valence-corrected chi connectivity index (χ0v) is 10.5. The topological polar surface area (TPSA) is 20.3 Å². The van der Waals surface area contributed by atoms with Crippen LogP contribution in [0.25, 0.3) is 0 Å². The predicted molar refractivity (Wildman–Crippen MR) is 63.7 cm³/mol. The van der Waals surface area contributed by atoms with E-state index in [0.717, 1.165) is 32.4 Å². The fourth-order valence-electron chi connectivity index (χ4n) is 2.38. The molecular weight excluding hydrogens is 186 g/mol. The smallest absolute Gasteiger partial charge is 0.225 e. The molecule has 1 atom stereocenters. The molecule has 88 valence electrons. The standard InChI is InChI=1S/C13H25NO/c1-4-5-8-14-9-6-7-12(13(14)15)10-11(2)3/h11-12H,4-10H2,1-3H3. The van der Waals surface area contributed by atoms with Crippen molar-refractivity contribution >= 4 is 5.91 Å². The van der Waals surface area contributed by atoms with Gasteiger partial charge in [-0.1, -0.05) is 27.2 Å². The van der Waals surface area contributed by atoms with Crippen LogP contribution in [-0.2, 0) is 4.79 Å². The summed E-state index contributed by atoms with van der Waals surface area (Å²) >= 11 is 0. The summed E-state index contributed by atoms with van der Waals surface area (Å²) in [5.41, 5.74) is 0. The van der Waals surface area contributed by atoms with E-state index in [1.54, 1.807) is 0 Å². The number of rotatable bonds is 5. The Kier molecular flexibility index (Phi) is 5.13. The highest BCUT2D eigenvalue weighted by Gasteiger charge is 2.28. The SMILES string of the molecule is CCCCN1CCCC(CC(C)C)C1=O. The summed E-state index contributed by atoms with van der Waals surface area (Å²) in [6.07, 6.45) is 5.71. The Morgan fingerprint density at radius 2 is 2.20 bits per heavy atom. The number of piperidine rings is 1. The molecule has 1 aliphatic rings. The lowest BCUT2D eigenvalue weighted by molar-refractivity contribution is -0.139. The van der Waals surface area contributed by atoms with Crippen LogP contribution in [0.5, 0.6) is 0 Å². The molecule has 1 unspecified atom stereocenters. The van der Waals surface area contributed by atoms with Crippen molar-refractivity contribution in [3.8, 4) is 0 Å². The van der Waals surface area contributed by atoms with E-state index in [1.807, 2.05) is 0 Å². The van der Waals surface area contributed by atoms with Crippen LogP contribution in [-0.4, -0.2) is 23.9 Å². The Bertz CT molecular complexity index is 201. The van der Waals surface area contributed by atoms with Gasteiger partial charge in [-0.25, -0.2) is 0 Å². The van der Waals surface area contributed by atoms with Crippen molar-refractivity contribution in [2.24, 2.45) is 11.8 Å². The molecule has 0 saturated carbocycles. The largest absolute Gasteiger partial charge is 0.342 e. The Morgan fingerprint density at radius 3 is 2.80 bits per heavy atom. The van der Waals surface area contributed by atoms with Gasteiger partial charge in [-0.05, 0) is 31.6 Å². The minimum absolute atomic E-state index is 0.315. The van der Waals surface area contributed by atoms with Gasteiger partial charge >= 0.3 is 0 Å². The maximum atomic E-state index is 12.1. The Balaban J connectivity index is 2.43. The number of unbranched alkanes of at least 4 members (excludes halogenated alkanes) is 1. The third-order valence-electron chi connectivity index (χ3n) is 3.18. The first-order valence-corrected chi connectivity index (χ1v) is 6.44. The van der Waals surface area contributed by atoms with Gasteiger partial charge in [0.25, 0.3) is 0 Å². The van der Waals surface area contributed by atoms with Gasteiger partial charge < -0.3 is 4.90 Å². The van der Waals surface area contributed by atoms with Crippen LogP contribution in [0, 0.1) is 11.8 Å². The molecule has 2 heteroatoms. The maximum Gasteiger partial charge on any atom is 0.225 e. The first-order valence-electron chi connectivity index (χ1n) is 6.44. The molecule has 1 amide bonds. The molecule has 0 bridgehead atoms. The Morgan fingerprint density at radius 1 is 1.47 bits per heavy atom. The zero-order valence-electron chi connectivity index (χ0n) is 10.5. The molecule has 1 fully saturated rings. The number of nitrogens with zero attached hydrogens (tertiary/aromatic N) is 1. The average Bonchev–Trinajstić information content (AvgIpc) is 2.19. The lowest BCUT2D eigenvalue weighted by atomic mass is 9.89. The number of carbonyl (C=O) groups excluding carboxylic acids is 1. The van der Waals surface area contributed by atoms with Crippen LogP contribution in [0.4, 0.5) is 0 Å². The van der Waals surface area contributed by atoms with Crippen LogP contribution in [0.15, 0.2) is 0 Å². The molecule has 15 heavy (non-hydrogen) atoms. The summed E-state index contributed by atoms with van der Waals surface area (Å²) in [6, 6.07) is 0. The lowest BCUT2D eigenvalue weighted by Gasteiger charge is -2.33. The molecule has 0 aliphatic carbocycles. The quantitative estimate of drug-likeness (QED) is 0.684. The number of likely N-dealkylation sites (tertiary alicyclic amines) is 1. The van der Waals surface area contributed by atoms with E-state index in [-0.39, 0.29) is 0 Å². The first-order chi connectivity index (χ1) is 7.15. The normalized spacial score (nSPS) is 22.5. The van der Waals surface area contributed by atoms with Gasteiger partial charge in [-0.2, -0.15) is 0 Å². The second-order valence-corrected chi connectivity index (χ2v) is 5.15. The second kappa shape index (κ2) is 6.14. The molecule has 0 aromatic carbocycles. The zero-order chi connectivity index (χ0) is 11.3. The molecule has 1 saturated heterocycles. The molecule has 0 N–H and O–H groups in total. The van der Waals surface area contributed by atoms with Crippen molar-refractivity contribution < 1.29 is 4.79 Å². The predicted octanol–water partition coefficient (Wildman–Crippen LogP) is 3.07. The number of hydrogen-bond acceptors (Lipinski definition) is 1. The number of hydrogen-bond donors (Lipinski definition) is 0. The monoisotopic (exact) mass is 211 g/mol. The minimum Gasteiger partial charge on any atom is -0.342 e. The highest BCUT2D eigenvalue weighted by Crippen LogP contribution is 2.24. The summed E-state index contributed by atoms with van der Waals surface area (Å²) < 4.78 is 0. The molecule has 0 radical (unpaired) electrons. The third kappa shape index (κ3) is 3.84. The summed E-state index contributed by atoms with van der Waals surface area (Å²) in [4.78, 5) is 14.2. The molecule has 0 aromatic heterocycles. The maximum absolute atomic E-state index is 12.1. The molecule has 0 spiro atoms. The minimum atomic E-state index is 0.315. The summed E-state index contributed by atoms with van der Waals surface area (Å²) in [6.45, 7) is 8.56. The van der Waals surface area contributed by atoms with Gasteiger partial charge in [0, 0.05) is 19.0 Å². The Hall–Kier alpha value is -0.530. The van der Waals surface area contributed by atoms with Crippen LogP contribution in [0.3, 0.4) is 0 Å². The molecule has 1 aliphatic heterocycles. The van der Waals surface area contributed by atoms with Gasteiger partial charge in [0.05, 0.1) is 0 Å². The highest BCUT2D eigenvalue weighted by molar-refractivity contribution is 5.79. The number of carbonyl (C=O) groups is 1. The summed E-state index contributed by atoms with van der Waals surface area (Å²) in [5, 5.41) is 0. The van der Waals surface area contributed by atoms with E-state index >= 15 is 0 Å². The van der Waals surface area contributed by atoms with Gasteiger partial charge in [-0.15, -0.1) is 0 Å². The van der Waals surface area contributed by atoms with E-state index in [4.69, 9.17) is 0 Å². The summed E-state index contributed by atoms with van der Waals surface area (Å²) in [5.74, 6) is 1.38. The van der Waals surface area contributed by atoms with Gasteiger partial charge in [-0.3, -0.25) is 4.79 Å². The summed E-state index contributed by atoms with van der Waals surface area (Å²) in [7, 11) is 0. The van der Waals surface area contributed by atoms with Crippen LogP contribution in [0.1, 0.15) is 52.9 Å². The molecule has 1 heterocycles. The van der Waals surface area contributed by atoms with Crippen molar-refractivity contribution in [1.82, 2.24) is 4.90 Å². The van der Waals surface area contributed by atoms with E-state index in [2.05, 4.69) is 25.7 Å². The van der Waals surface area contributed by atoms with Crippen molar-refractivity contribution in [2.75, 3.05) is 13.1 Å². The fourth-order valence-corrected chi connectivity index (χ4v) is 2.38.